The smallest absolute Gasteiger partial charge is 0.449 e. The standard InChI is InChI=1S/C19H28BF4N2O5S/c1-12-15(11-20(21,22)23)13(2)17(31-32(24,28)29)14(3)16(12)25-7-9-26(10-8-25)18(27)30-19(4,5)6/h7-11H2,1-6H3/q-1. The first-order chi connectivity index (χ1) is 14.4. The van der Waals surface area contributed by atoms with E-state index in [-0.39, 0.29) is 42.9 Å². The molecule has 1 aromatic carbocycles. The average molecular weight is 483 g/mol. The predicted octanol–water partition coefficient (Wildman–Crippen LogP) is 4.19. The Bertz CT molecular complexity index is 985. The number of carbonyl (C=O) groups is 1. The number of hydrogen-bond donors (Lipinski definition) is 0. The number of benzene rings is 1. The van der Waals surface area contributed by atoms with E-state index < -0.39 is 41.2 Å². The first-order valence-electron chi connectivity index (χ1n) is 10.1. The normalized spacial score (nSPS) is 15.7. The monoisotopic (exact) mass is 483 g/mol. The van der Waals surface area contributed by atoms with Crippen molar-refractivity contribution in [3.05, 3.63) is 22.3 Å². The molecule has 0 aliphatic carbocycles. The van der Waals surface area contributed by atoms with Crippen molar-refractivity contribution in [1.29, 1.82) is 0 Å². The van der Waals surface area contributed by atoms with E-state index in [1.165, 1.54) is 25.7 Å². The molecule has 0 aromatic heterocycles. The van der Waals surface area contributed by atoms with E-state index in [9.17, 15) is 30.0 Å². The molecule has 1 aliphatic heterocycles. The van der Waals surface area contributed by atoms with Gasteiger partial charge in [-0.25, -0.2) is 4.79 Å². The molecule has 0 bridgehead atoms. The molecule has 182 valence electrons. The molecule has 0 N–H and O–H groups in total. The SMILES string of the molecule is Cc1c(C[B-](F)(F)F)c(C)c(N2CCN(C(=O)OC(C)(C)C)CC2)c(C)c1OS(=O)(=O)F. The summed E-state index contributed by atoms with van der Waals surface area (Å²) in [6, 6.07) is 0. The molecule has 1 amide bonds. The fraction of sp³-hybridized carbons (Fsp3) is 0.632. The summed E-state index contributed by atoms with van der Waals surface area (Å²) >= 11 is 0. The summed E-state index contributed by atoms with van der Waals surface area (Å²) in [5.74, 6) is -0.447. The summed E-state index contributed by atoms with van der Waals surface area (Å²) in [4.78, 5) is 15.5. The van der Waals surface area contributed by atoms with Gasteiger partial charge >= 0.3 is 23.6 Å². The van der Waals surface area contributed by atoms with Crippen LogP contribution in [0.3, 0.4) is 0 Å². The molecule has 0 radical (unpaired) electrons. The van der Waals surface area contributed by atoms with Gasteiger partial charge < -0.3 is 31.7 Å². The van der Waals surface area contributed by atoms with Crippen LogP contribution < -0.4 is 9.08 Å². The minimum atomic E-state index is -5.44. The maximum atomic E-state index is 13.3. The van der Waals surface area contributed by atoms with Gasteiger partial charge in [0.05, 0.1) is 0 Å². The van der Waals surface area contributed by atoms with Crippen molar-refractivity contribution in [1.82, 2.24) is 4.90 Å². The van der Waals surface area contributed by atoms with Crippen LogP contribution in [0, 0.1) is 20.8 Å². The zero-order chi connectivity index (χ0) is 24.6. The molecule has 0 unspecified atom stereocenters. The van der Waals surface area contributed by atoms with Crippen molar-refractivity contribution in [2.45, 2.75) is 53.5 Å². The second-order valence-corrected chi connectivity index (χ2v) is 9.83. The highest BCUT2D eigenvalue weighted by molar-refractivity contribution is 7.81. The molecule has 0 saturated carbocycles. The quantitative estimate of drug-likeness (QED) is 0.355. The lowest BCUT2D eigenvalue weighted by Crippen LogP contribution is -2.50. The van der Waals surface area contributed by atoms with Crippen molar-refractivity contribution in [2.24, 2.45) is 0 Å². The molecular weight excluding hydrogens is 455 g/mol. The second-order valence-electron chi connectivity index (χ2n) is 8.88. The summed E-state index contributed by atoms with van der Waals surface area (Å²) in [6.07, 6.45) is -1.76. The highest BCUT2D eigenvalue weighted by atomic mass is 32.3. The summed E-state index contributed by atoms with van der Waals surface area (Å²) in [6.45, 7) is 5.27. The molecule has 1 saturated heterocycles. The number of nitrogens with zero attached hydrogens (tertiary/aromatic N) is 2. The number of anilines is 1. The highest BCUT2D eigenvalue weighted by Gasteiger charge is 2.32. The van der Waals surface area contributed by atoms with Crippen LogP contribution in [0.2, 0.25) is 0 Å². The van der Waals surface area contributed by atoms with Gasteiger partial charge in [-0.15, -0.1) is 0 Å². The van der Waals surface area contributed by atoms with Crippen LogP contribution in [0.5, 0.6) is 5.75 Å². The first kappa shape index (κ1) is 26.1. The lowest BCUT2D eigenvalue weighted by Gasteiger charge is -2.39. The Kier molecular flexibility index (Phi) is 7.33. The fourth-order valence-electron chi connectivity index (χ4n) is 3.91. The molecule has 13 heteroatoms. The van der Waals surface area contributed by atoms with E-state index in [1.807, 2.05) is 0 Å². The van der Waals surface area contributed by atoms with E-state index in [0.717, 1.165) is 0 Å². The Morgan fingerprint density at radius 1 is 1.00 bits per heavy atom. The van der Waals surface area contributed by atoms with Crippen molar-refractivity contribution in [2.75, 3.05) is 31.1 Å². The van der Waals surface area contributed by atoms with Gasteiger partial charge in [0.25, 0.3) is 0 Å². The Hall–Kier alpha value is -2.18. The topological polar surface area (TPSA) is 76.2 Å². The highest BCUT2D eigenvalue weighted by Crippen LogP contribution is 2.41. The maximum Gasteiger partial charge on any atom is 0.488 e. The number of carbonyl (C=O) groups excluding carboxylic acids is 1. The molecule has 0 spiro atoms. The summed E-state index contributed by atoms with van der Waals surface area (Å²) in [7, 11) is -5.44. The predicted molar refractivity (Wildman–Crippen MR) is 114 cm³/mol. The third kappa shape index (κ3) is 6.66. The molecule has 2 rings (SSSR count). The third-order valence-corrected chi connectivity index (χ3v) is 5.53. The number of halogens is 4. The summed E-state index contributed by atoms with van der Waals surface area (Å²) < 4.78 is 85.2. The molecule has 1 fully saturated rings. The second kappa shape index (κ2) is 8.99. The van der Waals surface area contributed by atoms with Crippen LogP contribution in [-0.4, -0.2) is 58.2 Å². The van der Waals surface area contributed by atoms with Gasteiger partial charge in [-0.3, -0.25) is 0 Å². The Morgan fingerprint density at radius 3 is 1.97 bits per heavy atom. The van der Waals surface area contributed by atoms with Crippen LogP contribution in [0.15, 0.2) is 0 Å². The minimum absolute atomic E-state index is 0.0726. The number of rotatable bonds is 5. The number of ether oxygens (including phenoxy) is 1. The first-order valence-corrected chi connectivity index (χ1v) is 11.4. The Balaban J connectivity index is 2.44. The van der Waals surface area contributed by atoms with E-state index in [2.05, 4.69) is 4.18 Å². The molecule has 1 heterocycles. The summed E-state index contributed by atoms with van der Waals surface area (Å²) in [5, 5.41) is 0. The van der Waals surface area contributed by atoms with Crippen LogP contribution in [0.4, 0.5) is 27.3 Å². The molecule has 0 atom stereocenters. The van der Waals surface area contributed by atoms with Gasteiger partial charge in [0, 0.05) is 37.4 Å². The van der Waals surface area contributed by atoms with Crippen molar-refractivity contribution in [3.8, 4) is 5.75 Å². The van der Waals surface area contributed by atoms with E-state index in [0.29, 0.717) is 11.3 Å². The van der Waals surface area contributed by atoms with Crippen LogP contribution in [-0.2, 0) is 21.6 Å². The zero-order valence-electron chi connectivity index (χ0n) is 19.0. The number of piperazine rings is 1. The molecule has 32 heavy (non-hydrogen) atoms. The lowest BCUT2D eigenvalue weighted by atomic mass is 9.77. The largest absolute Gasteiger partial charge is 0.488 e. The Morgan fingerprint density at radius 2 is 1.53 bits per heavy atom. The fourth-order valence-corrected chi connectivity index (χ4v) is 4.36. The van der Waals surface area contributed by atoms with Crippen LogP contribution >= 0.6 is 0 Å². The number of amides is 1. The molecule has 1 aliphatic rings. The molecular formula is C19H28BF4N2O5S-. The average Bonchev–Trinajstić information content (AvgIpc) is 2.60. The van der Waals surface area contributed by atoms with E-state index >= 15 is 0 Å². The molecule has 1 aromatic rings. The van der Waals surface area contributed by atoms with E-state index in [1.54, 1.807) is 25.7 Å². The Labute approximate surface area is 186 Å². The third-order valence-electron chi connectivity index (χ3n) is 5.16. The van der Waals surface area contributed by atoms with Gasteiger partial charge in [0.1, 0.15) is 5.60 Å². The van der Waals surface area contributed by atoms with Crippen molar-refractivity contribution in [3.63, 3.8) is 0 Å². The molecule has 7 nitrogen and oxygen atoms in total. The zero-order valence-corrected chi connectivity index (χ0v) is 19.8. The van der Waals surface area contributed by atoms with Gasteiger partial charge in [-0.2, -0.15) is 8.42 Å². The van der Waals surface area contributed by atoms with Crippen molar-refractivity contribution < 1.29 is 39.0 Å². The minimum Gasteiger partial charge on any atom is -0.449 e. The van der Waals surface area contributed by atoms with E-state index in [4.69, 9.17) is 4.74 Å². The van der Waals surface area contributed by atoms with Gasteiger partial charge in [-0.05, 0) is 52.7 Å². The van der Waals surface area contributed by atoms with Gasteiger partial charge in [0.15, 0.2) is 5.75 Å². The summed E-state index contributed by atoms with van der Waals surface area (Å²) in [5.41, 5.74) is -0.0219. The van der Waals surface area contributed by atoms with Crippen LogP contribution in [0.25, 0.3) is 0 Å². The number of hydrogen-bond acceptors (Lipinski definition) is 6. The van der Waals surface area contributed by atoms with Crippen molar-refractivity contribution >= 4 is 29.3 Å². The van der Waals surface area contributed by atoms with Crippen LogP contribution in [0.1, 0.15) is 43.0 Å². The maximum absolute atomic E-state index is 13.3. The van der Waals surface area contributed by atoms with Gasteiger partial charge in [-0.1, -0.05) is 15.8 Å². The van der Waals surface area contributed by atoms with Gasteiger partial charge in [0.2, 0.25) is 0 Å². The lowest BCUT2D eigenvalue weighted by molar-refractivity contribution is 0.0240.